The van der Waals surface area contributed by atoms with E-state index in [1.807, 2.05) is 0 Å². The molecule has 0 bridgehead atoms. The zero-order valence-corrected chi connectivity index (χ0v) is 19.8. The van der Waals surface area contributed by atoms with Gasteiger partial charge in [0.05, 0.1) is 12.4 Å². The number of nitrogens with two attached hydrogens (primary N) is 2. The van der Waals surface area contributed by atoms with Crippen LogP contribution >= 0.6 is 12.6 Å². The molecule has 33 heavy (non-hydrogen) atoms. The zero-order valence-electron chi connectivity index (χ0n) is 18.9. The van der Waals surface area contributed by atoms with Crippen molar-refractivity contribution in [2.75, 3.05) is 12.3 Å². The van der Waals surface area contributed by atoms with E-state index < -0.39 is 47.9 Å². The highest BCUT2D eigenvalue weighted by Gasteiger charge is 2.31. The number of H-pyrrole nitrogens is 1. The van der Waals surface area contributed by atoms with E-state index in [9.17, 15) is 24.3 Å². The summed E-state index contributed by atoms with van der Waals surface area (Å²) in [5, 5.41) is 17.2. The van der Waals surface area contributed by atoms with Crippen LogP contribution in [-0.4, -0.2) is 75.2 Å². The minimum atomic E-state index is -1.22. The van der Waals surface area contributed by atoms with Crippen molar-refractivity contribution in [1.82, 2.24) is 25.9 Å². The van der Waals surface area contributed by atoms with Gasteiger partial charge in [0.1, 0.15) is 18.1 Å². The van der Waals surface area contributed by atoms with Crippen LogP contribution in [0.2, 0.25) is 0 Å². The Morgan fingerprint density at radius 1 is 1.09 bits per heavy atom. The Kier molecular flexibility index (Phi) is 12.5. The second-order valence-electron chi connectivity index (χ2n) is 8.05. The maximum atomic E-state index is 12.9. The first-order chi connectivity index (χ1) is 15.6. The molecule has 1 aromatic rings. The maximum Gasteiger partial charge on any atom is 0.326 e. The number of carboxylic acids is 1. The number of nitrogens with zero attached hydrogens (tertiary/aromatic N) is 1. The van der Waals surface area contributed by atoms with Gasteiger partial charge >= 0.3 is 5.97 Å². The SMILES string of the molecule is CC(C)C(NC(=O)C(N)CS)C(=O)NC(CCCCN)C(=O)NC(Cc1cnc[nH]1)C(=O)O. The number of hydrogen-bond donors (Lipinski definition) is 8. The van der Waals surface area contributed by atoms with Crippen molar-refractivity contribution < 1.29 is 24.3 Å². The van der Waals surface area contributed by atoms with Crippen LogP contribution in [0.15, 0.2) is 12.5 Å². The molecule has 0 aliphatic rings. The van der Waals surface area contributed by atoms with Gasteiger partial charge in [-0.1, -0.05) is 13.8 Å². The van der Waals surface area contributed by atoms with E-state index in [0.29, 0.717) is 25.1 Å². The number of aliphatic carboxylic acids is 1. The molecule has 1 aromatic heterocycles. The van der Waals surface area contributed by atoms with Crippen LogP contribution in [0.5, 0.6) is 0 Å². The molecule has 1 heterocycles. The van der Waals surface area contributed by atoms with E-state index in [0.717, 1.165) is 0 Å². The number of aromatic nitrogens is 2. The van der Waals surface area contributed by atoms with Crippen molar-refractivity contribution in [3.05, 3.63) is 18.2 Å². The Balaban J connectivity index is 2.94. The molecule has 9 N–H and O–H groups in total. The summed E-state index contributed by atoms with van der Waals surface area (Å²) in [6, 6.07) is -4.05. The van der Waals surface area contributed by atoms with Crippen molar-refractivity contribution in [1.29, 1.82) is 0 Å². The third-order valence-corrected chi connectivity index (χ3v) is 5.35. The zero-order chi connectivity index (χ0) is 25.0. The highest BCUT2D eigenvalue weighted by molar-refractivity contribution is 7.80. The lowest BCUT2D eigenvalue weighted by atomic mass is 10.0. The first kappa shape index (κ1) is 28.4. The average molecular weight is 486 g/mol. The molecule has 0 aliphatic heterocycles. The van der Waals surface area contributed by atoms with E-state index in [1.54, 1.807) is 13.8 Å². The molecule has 4 atom stereocenters. The number of unbranched alkanes of at least 4 members (excludes halogenated alkanes) is 1. The van der Waals surface area contributed by atoms with Crippen molar-refractivity contribution in [3.63, 3.8) is 0 Å². The number of hydrogen-bond acceptors (Lipinski definition) is 8. The lowest BCUT2D eigenvalue weighted by Gasteiger charge is -2.27. The maximum absolute atomic E-state index is 12.9. The van der Waals surface area contributed by atoms with Gasteiger partial charge in [-0.2, -0.15) is 12.6 Å². The summed E-state index contributed by atoms with van der Waals surface area (Å²) in [5.74, 6) is -3.16. The predicted molar refractivity (Wildman–Crippen MR) is 125 cm³/mol. The molecule has 4 unspecified atom stereocenters. The molecule has 1 rings (SSSR count). The number of thiol groups is 1. The molecule has 0 saturated heterocycles. The van der Waals surface area contributed by atoms with Crippen LogP contribution in [0.4, 0.5) is 0 Å². The fourth-order valence-electron chi connectivity index (χ4n) is 2.99. The van der Waals surface area contributed by atoms with Crippen molar-refractivity contribution in [2.45, 2.75) is 63.7 Å². The lowest BCUT2D eigenvalue weighted by Crippen LogP contribution is -2.58. The largest absolute Gasteiger partial charge is 0.480 e. The van der Waals surface area contributed by atoms with Crippen LogP contribution in [-0.2, 0) is 25.6 Å². The Bertz CT molecular complexity index is 775. The first-order valence-corrected chi connectivity index (χ1v) is 11.4. The topological polar surface area (TPSA) is 205 Å². The van der Waals surface area contributed by atoms with Crippen molar-refractivity contribution in [3.8, 4) is 0 Å². The highest BCUT2D eigenvalue weighted by Crippen LogP contribution is 2.08. The minimum absolute atomic E-state index is 0.00314. The van der Waals surface area contributed by atoms with Crippen LogP contribution in [0, 0.1) is 5.92 Å². The first-order valence-electron chi connectivity index (χ1n) is 10.8. The summed E-state index contributed by atoms with van der Waals surface area (Å²) in [6.45, 7) is 3.89. The third-order valence-electron chi connectivity index (χ3n) is 4.95. The normalized spacial score (nSPS) is 14.7. The second kappa shape index (κ2) is 14.5. The molecular weight excluding hydrogens is 450 g/mol. The van der Waals surface area contributed by atoms with E-state index in [4.69, 9.17) is 11.5 Å². The second-order valence-corrected chi connectivity index (χ2v) is 8.41. The standard InChI is InChI=1S/C20H35N7O5S/c1-11(2)16(27-17(28)13(22)9-33)19(30)25-14(5-3-4-6-21)18(29)26-15(20(31)32)7-12-8-23-10-24-12/h8,10-11,13-16,33H,3-7,9,21-22H2,1-2H3,(H,23,24)(H,25,30)(H,26,29)(H,27,28)(H,31,32). The number of carboxylic acid groups (broad SMARTS) is 1. The number of carbonyl (C=O) groups excluding carboxylic acids is 3. The summed E-state index contributed by atoms with van der Waals surface area (Å²) in [7, 11) is 0. The van der Waals surface area contributed by atoms with Gasteiger partial charge in [-0.25, -0.2) is 9.78 Å². The smallest absolute Gasteiger partial charge is 0.326 e. The summed E-state index contributed by atoms with van der Waals surface area (Å²) in [6.07, 6.45) is 4.28. The summed E-state index contributed by atoms with van der Waals surface area (Å²) >= 11 is 3.99. The molecule has 12 nitrogen and oxygen atoms in total. The van der Waals surface area contributed by atoms with Gasteiger partial charge in [0.2, 0.25) is 17.7 Å². The molecule has 0 saturated carbocycles. The Morgan fingerprint density at radius 3 is 2.27 bits per heavy atom. The number of imidazole rings is 1. The molecule has 0 aromatic carbocycles. The van der Waals surface area contributed by atoms with E-state index in [1.165, 1.54) is 12.5 Å². The molecule has 186 valence electrons. The Labute approximate surface area is 198 Å². The Morgan fingerprint density at radius 2 is 1.76 bits per heavy atom. The summed E-state index contributed by atoms with van der Waals surface area (Å²) in [4.78, 5) is 56.3. The van der Waals surface area contributed by atoms with Crippen LogP contribution in [0.3, 0.4) is 0 Å². The van der Waals surface area contributed by atoms with Gasteiger partial charge in [0.15, 0.2) is 0 Å². The minimum Gasteiger partial charge on any atom is -0.480 e. The van der Waals surface area contributed by atoms with Gasteiger partial charge < -0.3 is 37.5 Å². The summed E-state index contributed by atoms with van der Waals surface area (Å²) < 4.78 is 0. The summed E-state index contributed by atoms with van der Waals surface area (Å²) in [5.41, 5.74) is 11.7. The molecular formula is C20H35N7O5S. The van der Waals surface area contributed by atoms with Gasteiger partial charge in [-0.3, -0.25) is 14.4 Å². The van der Waals surface area contributed by atoms with Crippen molar-refractivity contribution in [2.24, 2.45) is 17.4 Å². The van der Waals surface area contributed by atoms with E-state index in [-0.39, 0.29) is 24.5 Å². The molecule has 0 aliphatic carbocycles. The number of rotatable bonds is 15. The average Bonchev–Trinajstić information content (AvgIpc) is 3.28. The van der Waals surface area contributed by atoms with E-state index in [2.05, 4.69) is 38.5 Å². The Hall–Kier alpha value is -2.64. The number of nitrogens with one attached hydrogen (secondary N) is 4. The van der Waals surface area contributed by atoms with Gasteiger partial charge in [-0.15, -0.1) is 0 Å². The van der Waals surface area contributed by atoms with Gasteiger partial charge in [0.25, 0.3) is 0 Å². The van der Waals surface area contributed by atoms with Crippen LogP contribution < -0.4 is 27.4 Å². The van der Waals surface area contributed by atoms with E-state index >= 15 is 0 Å². The number of aromatic amines is 1. The molecule has 0 radical (unpaired) electrons. The van der Waals surface area contributed by atoms with Gasteiger partial charge in [-0.05, 0) is 31.7 Å². The number of amides is 3. The van der Waals surface area contributed by atoms with Crippen molar-refractivity contribution >= 4 is 36.3 Å². The fourth-order valence-corrected chi connectivity index (χ4v) is 3.16. The quantitative estimate of drug-likeness (QED) is 0.108. The third kappa shape index (κ3) is 9.80. The molecule has 0 spiro atoms. The van der Waals surface area contributed by atoms with Gasteiger partial charge in [0, 0.05) is 24.1 Å². The van der Waals surface area contributed by atoms with Crippen LogP contribution in [0.25, 0.3) is 0 Å². The monoisotopic (exact) mass is 485 g/mol. The van der Waals surface area contributed by atoms with Crippen LogP contribution in [0.1, 0.15) is 38.8 Å². The fraction of sp³-hybridized carbons (Fsp3) is 0.650. The predicted octanol–water partition coefficient (Wildman–Crippen LogP) is -1.47. The highest BCUT2D eigenvalue weighted by atomic mass is 32.1. The molecule has 0 fully saturated rings. The molecule has 3 amide bonds. The molecule has 13 heteroatoms. The number of carbonyl (C=O) groups is 4. The lowest BCUT2D eigenvalue weighted by molar-refractivity contribution is -0.142.